The minimum Gasteiger partial charge on any atom is -0.497 e. The lowest BCUT2D eigenvalue weighted by Crippen LogP contribution is -2.42. The normalized spacial score (nSPS) is 28.1. The Kier molecular flexibility index (Phi) is 4.25. The summed E-state index contributed by atoms with van der Waals surface area (Å²) in [5.74, 6) is 1.13. The molecule has 1 aromatic carbocycles. The summed E-state index contributed by atoms with van der Waals surface area (Å²) < 4.78 is 5.17. The van der Waals surface area contributed by atoms with Gasteiger partial charge in [0.15, 0.2) is 0 Å². The second-order valence-corrected chi connectivity index (χ2v) is 5.15. The van der Waals surface area contributed by atoms with Gasteiger partial charge < -0.3 is 15.2 Å². The van der Waals surface area contributed by atoms with Gasteiger partial charge in [0.05, 0.1) is 12.7 Å². The molecule has 1 aliphatic rings. The van der Waals surface area contributed by atoms with Gasteiger partial charge in [-0.15, -0.1) is 0 Å². The molecule has 2 atom stereocenters. The molecule has 1 aromatic rings. The van der Waals surface area contributed by atoms with Crippen LogP contribution in [0.15, 0.2) is 24.3 Å². The van der Waals surface area contributed by atoms with E-state index in [-0.39, 0.29) is 0 Å². The molecule has 18 heavy (non-hydrogen) atoms. The van der Waals surface area contributed by atoms with Gasteiger partial charge in [0.2, 0.25) is 0 Å². The van der Waals surface area contributed by atoms with Gasteiger partial charge >= 0.3 is 0 Å². The first-order chi connectivity index (χ1) is 8.70. The molecule has 0 radical (unpaired) electrons. The first-order valence-corrected chi connectivity index (χ1v) is 6.72. The van der Waals surface area contributed by atoms with Gasteiger partial charge in [0.1, 0.15) is 5.75 Å². The van der Waals surface area contributed by atoms with Crippen LogP contribution in [0.25, 0.3) is 0 Å². The van der Waals surface area contributed by atoms with Crippen LogP contribution in [0.5, 0.6) is 5.75 Å². The quantitative estimate of drug-likeness (QED) is 0.860. The first kappa shape index (κ1) is 13.4. The van der Waals surface area contributed by atoms with E-state index in [2.05, 4.69) is 5.32 Å². The van der Waals surface area contributed by atoms with Crippen molar-refractivity contribution in [2.24, 2.45) is 5.92 Å². The molecule has 1 aliphatic carbocycles. The van der Waals surface area contributed by atoms with E-state index in [0.717, 1.165) is 37.1 Å². The molecule has 0 aliphatic heterocycles. The van der Waals surface area contributed by atoms with Crippen LogP contribution in [0.2, 0.25) is 0 Å². The molecule has 1 fully saturated rings. The number of nitrogens with one attached hydrogen (secondary N) is 1. The van der Waals surface area contributed by atoms with Gasteiger partial charge in [0.25, 0.3) is 0 Å². The fraction of sp³-hybridized carbons (Fsp3) is 0.600. The molecular formula is C15H23NO2. The summed E-state index contributed by atoms with van der Waals surface area (Å²) in [5.41, 5.74) is 0.330. The maximum absolute atomic E-state index is 11.0. The van der Waals surface area contributed by atoms with E-state index in [0.29, 0.717) is 5.92 Å². The molecule has 2 N–H and O–H groups in total. The molecule has 0 aromatic heterocycles. The Balaban J connectivity index is 2.25. The van der Waals surface area contributed by atoms with Crippen LogP contribution in [-0.2, 0) is 5.60 Å². The van der Waals surface area contributed by atoms with E-state index in [1.807, 2.05) is 31.3 Å². The standard InChI is InChI=1S/C15H23NO2/c1-16-11-13-5-3-4-10-15(13,17)12-6-8-14(18-2)9-7-12/h6-9,13,16-17H,3-5,10-11H2,1-2H3. The maximum atomic E-state index is 11.0. The SMILES string of the molecule is CNCC1CCCCC1(O)c1ccc(OC)cc1. The van der Waals surface area contributed by atoms with Crippen molar-refractivity contribution in [1.82, 2.24) is 5.32 Å². The lowest BCUT2D eigenvalue weighted by atomic mass is 9.71. The predicted molar refractivity (Wildman–Crippen MR) is 72.8 cm³/mol. The fourth-order valence-corrected chi connectivity index (χ4v) is 3.01. The average molecular weight is 249 g/mol. The molecule has 3 nitrogen and oxygen atoms in total. The third-order valence-electron chi connectivity index (χ3n) is 4.08. The zero-order chi connectivity index (χ0) is 13.0. The van der Waals surface area contributed by atoms with Crippen LogP contribution in [0, 0.1) is 5.92 Å². The maximum Gasteiger partial charge on any atom is 0.118 e. The van der Waals surface area contributed by atoms with Gasteiger partial charge in [-0.3, -0.25) is 0 Å². The topological polar surface area (TPSA) is 41.5 Å². The molecule has 0 bridgehead atoms. The van der Waals surface area contributed by atoms with Crippen molar-refractivity contribution in [3.63, 3.8) is 0 Å². The third-order valence-corrected chi connectivity index (χ3v) is 4.08. The predicted octanol–water partition coefficient (Wildman–Crippen LogP) is 2.29. The Hall–Kier alpha value is -1.06. The van der Waals surface area contributed by atoms with Crippen molar-refractivity contribution in [2.45, 2.75) is 31.3 Å². The molecule has 0 spiro atoms. The van der Waals surface area contributed by atoms with E-state index < -0.39 is 5.60 Å². The minimum atomic E-state index is -0.687. The van der Waals surface area contributed by atoms with Crippen LogP contribution >= 0.6 is 0 Å². The number of methoxy groups -OCH3 is 1. The monoisotopic (exact) mass is 249 g/mol. The molecular weight excluding hydrogens is 226 g/mol. The first-order valence-electron chi connectivity index (χ1n) is 6.72. The smallest absolute Gasteiger partial charge is 0.118 e. The molecule has 0 amide bonds. The lowest BCUT2D eigenvalue weighted by molar-refractivity contribution is -0.0530. The number of benzene rings is 1. The van der Waals surface area contributed by atoms with E-state index in [1.54, 1.807) is 7.11 Å². The summed E-state index contributed by atoms with van der Waals surface area (Å²) in [6.07, 6.45) is 4.25. The third kappa shape index (κ3) is 2.52. The Morgan fingerprint density at radius 2 is 2.06 bits per heavy atom. The molecule has 0 heterocycles. The zero-order valence-corrected chi connectivity index (χ0v) is 11.3. The number of hydrogen-bond acceptors (Lipinski definition) is 3. The molecule has 0 saturated heterocycles. The lowest BCUT2D eigenvalue weighted by Gasteiger charge is -2.40. The van der Waals surface area contributed by atoms with Crippen LogP contribution in [0.3, 0.4) is 0 Å². The largest absolute Gasteiger partial charge is 0.497 e. The second-order valence-electron chi connectivity index (χ2n) is 5.15. The number of rotatable bonds is 4. The van der Waals surface area contributed by atoms with Crippen molar-refractivity contribution in [2.75, 3.05) is 20.7 Å². The van der Waals surface area contributed by atoms with Crippen LogP contribution in [0.1, 0.15) is 31.2 Å². The van der Waals surface area contributed by atoms with Gasteiger partial charge in [-0.05, 0) is 37.6 Å². The molecule has 100 valence electrons. The highest BCUT2D eigenvalue weighted by Crippen LogP contribution is 2.41. The highest BCUT2D eigenvalue weighted by atomic mass is 16.5. The van der Waals surface area contributed by atoms with Crippen molar-refractivity contribution >= 4 is 0 Å². The van der Waals surface area contributed by atoms with E-state index in [1.165, 1.54) is 6.42 Å². The Labute approximate surface area is 109 Å². The number of hydrogen-bond donors (Lipinski definition) is 2. The van der Waals surface area contributed by atoms with Crippen molar-refractivity contribution in [3.05, 3.63) is 29.8 Å². The van der Waals surface area contributed by atoms with Gasteiger partial charge in [0, 0.05) is 12.5 Å². The minimum absolute atomic E-state index is 0.296. The summed E-state index contributed by atoms with van der Waals surface area (Å²) in [6, 6.07) is 7.84. The Morgan fingerprint density at radius 1 is 1.33 bits per heavy atom. The van der Waals surface area contributed by atoms with Crippen LogP contribution in [-0.4, -0.2) is 25.8 Å². The highest BCUT2D eigenvalue weighted by molar-refractivity contribution is 5.31. The van der Waals surface area contributed by atoms with Gasteiger partial charge in [-0.2, -0.15) is 0 Å². The Bertz CT molecular complexity index is 375. The fourth-order valence-electron chi connectivity index (χ4n) is 3.01. The van der Waals surface area contributed by atoms with Crippen LogP contribution < -0.4 is 10.1 Å². The Morgan fingerprint density at radius 3 is 2.67 bits per heavy atom. The molecule has 2 rings (SSSR count). The summed E-state index contributed by atoms with van der Waals surface area (Å²) in [4.78, 5) is 0. The average Bonchev–Trinajstić information content (AvgIpc) is 2.42. The highest BCUT2D eigenvalue weighted by Gasteiger charge is 2.39. The van der Waals surface area contributed by atoms with E-state index >= 15 is 0 Å². The van der Waals surface area contributed by atoms with Crippen molar-refractivity contribution < 1.29 is 9.84 Å². The van der Waals surface area contributed by atoms with E-state index in [4.69, 9.17) is 4.74 Å². The second kappa shape index (κ2) is 5.72. The van der Waals surface area contributed by atoms with Gasteiger partial charge in [-0.25, -0.2) is 0 Å². The summed E-state index contributed by atoms with van der Waals surface area (Å²) in [5, 5.41) is 14.2. The molecule has 3 heteroatoms. The van der Waals surface area contributed by atoms with Crippen LogP contribution in [0.4, 0.5) is 0 Å². The molecule has 2 unspecified atom stereocenters. The summed E-state index contributed by atoms with van der Waals surface area (Å²) >= 11 is 0. The van der Waals surface area contributed by atoms with Crippen molar-refractivity contribution in [1.29, 1.82) is 0 Å². The van der Waals surface area contributed by atoms with Gasteiger partial charge in [-0.1, -0.05) is 25.0 Å². The van der Waals surface area contributed by atoms with Crippen molar-refractivity contribution in [3.8, 4) is 5.75 Å². The number of aliphatic hydroxyl groups is 1. The summed E-state index contributed by atoms with van der Waals surface area (Å²) in [7, 11) is 3.61. The summed E-state index contributed by atoms with van der Waals surface area (Å²) in [6.45, 7) is 0.864. The molecule has 1 saturated carbocycles. The number of ether oxygens (including phenoxy) is 1. The zero-order valence-electron chi connectivity index (χ0n) is 11.3. The van der Waals surface area contributed by atoms with E-state index in [9.17, 15) is 5.11 Å².